The van der Waals surface area contributed by atoms with Gasteiger partial charge in [0.15, 0.2) is 5.65 Å². The van der Waals surface area contributed by atoms with Crippen molar-refractivity contribution in [1.29, 1.82) is 0 Å². The molecule has 0 radical (unpaired) electrons. The first-order chi connectivity index (χ1) is 15.9. The molecule has 0 saturated heterocycles. The zero-order valence-electron chi connectivity index (χ0n) is 17.3. The smallest absolute Gasteiger partial charge is 0.416 e. The molecular formula is C20H18F6N6O2. The van der Waals surface area contributed by atoms with Gasteiger partial charge in [0.05, 0.1) is 28.4 Å². The van der Waals surface area contributed by atoms with E-state index >= 15 is 0 Å². The van der Waals surface area contributed by atoms with E-state index < -0.39 is 35.3 Å². The van der Waals surface area contributed by atoms with Crippen LogP contribution < -0.4 is 10.6 Å². The zero-order valence-corrected chi connectivity index (χ0v) is 17.3. The molecule has 1 amide bonds. The summed E-state index contributed by atoms with van der Waals surface area (Å²) in [5.74, 6) is 0.328. The minimum atomic E-state index is -4.99. The summed E-state index contributed by atoms with van der Waals surface area (Å²) < 4.78 is 80.4. The Morgan fingerprint density at radius 1 is 0.941 bits per heavy atom. The normalized spacial score (nSPS) is 19.2. The third kappa shape index (κ3) is 4.99. The number of nitrogens with one attached hydrogen (secondary N) is 2. The summed E-state index contributed by atoms with van der Waals surface area (Å²) in [7, 11) is 0. The van der Waals surface area contributed by atoms with Gasteiger partial charge < -0.3 is 15.7 Å². The largest absolute Gasteiger partial charge is 0.465 e. The Morgan fingerprint density at radius 3 is 2.09 bits per heavy atom. The Hall–Kier alpha value is -3.58. The molecule has 182 valence electrons. The Labute approximate surface area is 188 Å². The van der Waals surface area contributed by atoms with Gasteiger partial charge in [0.2, 0.25) is 0 Å². The molecule has 1 aromatic carbocycles. The maximum absolute atomic E-state index is 13.2. The molecule has 0 aliphatic heterocycles. The second-order valence-corrected chi connectivity index (χ2v) is 7.92. The summed E-state index contributed by atoms with van der Waals surface area (Å²) in [5.41, 5.74) is -3.33. The van der Waals surface area contributed by atoms with Gasteiger partial charge in [0.25, 0.3) is 0 Å². The van der Waals surface area contributed by atoms with Crippen molar-refractivity contribution in [3.8, 4) is 5.69 Å². The molecule has 1 aliphatic rings. The van der Waals surface area contributed by atoms with E-state index in [-0.39, 0.29) is 23.8 Å². The number of halogens is 6. The van der Waals surface area contributed by atoms with E-state index in [0.717, 1.165) is 11.0 Å². The number of rotatable bonds is 4. The van der Waals surface area contributed by atoms with Gasteiger partial charge in [-0.15, -0.1) is 0 Å². The number of carboxylic acid groups (broad SMARTS) is 1. The summed E-state index contributed by atoms with van der Waals surface area (Å²) in [6, 6.07) is 0.986. The van der Waals surface area contributed by atoms with E-state index in [1.807, 2.05) is 0 Å². The average molecular weight is 488 g/mol. The summed E-state index contributed by atoms with van der Waals surface area (Å²) >= 11 is 0. The summed E-state index contributed by atoms with van der Waals surface area (Å²) in [6.45, 7) is 0. The molecule has 14 heteroatoms. The molecule has 0 unspecified atom stereocenters. The first-order valence-corrected chi connectivity index (χ1v) is 10.2. The highest BCUT2D eigenvalue weighted by Crippen LogP contribution is 2.37. The Bertz CT molecular complexity index is 1170. The van der Waals surface area contributed by atoms with Gasteiger partial charge in [0, 0.05) is 12.1 Å². The highest BCUT2D eigenvalue weighted by Gasteiger charge is 2.37. The van der Waals surface area contributed by atoms with Crippen LogP contribution in [0.15, 0.2) is 30.7 Å². The molecule has 1 aliphatic carbocycles. The number of hydrogen-bond acceptors (Lipinski definition) is 5. The van der Waals surface area contributed by atoms with E-state index in [1.54, 1.807) is 0 Å². The SMILES string of the molecule is O=C(O)NC1CCC(Nc2ncnc3c2cnn3-c2cc(C(F)(F)F)cc(C(F)(F)F)c2)CC1. The predicted molar refractivity (Wildman–Crippen MR) is 107 cm³/mol. The second kappa shape index (κ2) is 8.65. The number of alkyl halides is 6. The summed E-state index contributed by atoms with van der Waals surface area (Å²) in [4.78, 5) is 18.9. The van der Waals surface area contributed by atoms with E-state index in [2.05, 4.69) is 25.7 Å². The van der Waals surface area contributed by atoms with Crippen molar-refractivity contribution in [2.45, 2.75) is 50.1 Å². The van der Waals surface area contributed by atoms with Crippen LogP contribution in [0.25, 0.3) is 16.7 Å². The summed E-state index contributed by atoms with van der Waals surface area (Å²) in [5, 5.41) is 18.8. The molecule has 0 spiro atoms. The van der Waals surface area contributed by atoms with Gasteiger partial charge >= 0.3 is 18.4 Å². The number of carbonyl (C=O) groups is 1. The van der Waals surface area contributed by atoms with E-state index in [0.29, 0.717) is 49.0 Å². The minimum absolute atomic E-state index is 0.0335. The standard InChI is InChI=1S/C20H18F6N6O2/c21-19(22,23)10-5-11(20(24,25)26)7-14(6-10)32-17-15(8-29-32)16(27-9-28-17)30-12-1-3-13(4-2-12)31-18(33)34/h5-9,12-13,31H,1-4H2,(H,33,34)(H,27,28,30). The Morgan fingerprint density at radius 2 is 1.53 bits per heavy atom. The lowest BCUT2D eigenvalue weighted by Crippen LogP contribution is -2.39. The second-order valence-electron chi connectivity index (χ2n) is 7.92. The number of aromatic nitrogens is 4. The molecule has 4 rings (SSSR count). The highest BCUT2D eigenvalue weighted by atomic mass is 19.4. The molecule has 0 atom stereocenters. The number of amides is 1. The van der Waals surface area contributed by atoms with Crippen molar-refractivity contribution < 1.29 is 36.2 Å². The average Bonchev–Trinajstić information content (AvgIpc) is 3.18. The van der Waals surface area contributed by atoms with Gasteiger partial charge in [-0.2, -0.15) is 31.4 Å². The number of anilines is 1. The van der Waals surface area contributed by atoms with E-state index in [4.69, 9.17) is 5.11 Å². The fourth-order valence-corrected chi connectivity index (χ4v) is 3.96. The van der Waals surface area contributed by atoms with Crippen molar-refractivity contribution in [3.05, 3.63) is 41.9 Å². The number of fused-ring (bicyclic) bond motifs is 1. The van der Waals surface area contributed by atoms with E-state index in [9.17, 15) is 31.1 Å². The lowest BCUT2D eigenvalue weighted by molar-refractivity contribution is -0.143. The third-order valence-electron chi connectivity index (χ3n) is 5.58. The zero-order chi connectivity index (χ0) is 24.7. The quantitative estimate of drug-likeness (QED) is 0.454. The van der Waals surface area contributed by atoms with Crippen LogP contribution in [0.1, 0.15) is 36.8 Å². The molecule has 8 nitrogen and oxygen atoms in total. The molecule has 3 aromatic rings. The topological polar surface area (TPSA) is 105 Å². The van der Waals surface area contributed by atoms with Crippen LogP contribution in [0.3, 0.4) is 0 Å². The lowest BCUT2D eigenvalue weighted by atomic mass is 9.91. The monoisotopic (exact) mass is 488 g/mol. The fraction of sp³-hybridized carbons (Fsp3) is 0.400. The maximum atomic E-state index is 13.2. The predicted octanol–water partition coefficient (Wildman–Crippen LogP) is 4.84. The van der Waals surface area contributed by atoms with Crippen molar-refractivity contribution in [1.82, 2.24) is 25.1 Å². The highest BCUT2D eigenvalue weighted by molar-refractivity contribution is 5.87. The molecule has 1 fully saturated rings. The van der Waals surface area contributed by atoms with Crippen LogP contribution >= 0.6 is 0 Å². The summed E-state index contributed by atoms with van der Waals surface area (Å²) in [6.07, 6.45) is -6.21. The maximum Gasteiger partial charge on any atom is 0.416 e. The van der Waals surface area contributed by atoms with Crippen molar-refractivity contribution in [2.24, 2.45) is 0 Å². The molecule has 3 N–H and O–H groups in total. The van der Waals surface area contributed by atoms with Crippen LogP contribution in [0.5, 0.6) is 0 Å². The van der Waals surface area contributed by atoms with Crippen LogP contribution in [0.2, 0.25) is 0 Å². The van der Waals surface area contributed by atoms with Gasteiger partial charge in [-0.05, 0) is 43.9 Å². The van der Waals surface area contributed by atoms with Crippen LogP contribution in [0.4, 0.5) is 37.0 Å². The molecule has 2 heterocycles. The van der Waals surface area contributed by atoms with Crippen LogP contribution in [-0.4, -0.2) is 43.0 Å². The minimum Gasteiger partial charge on any atom is -0.465 e. The van der Waals surface area contributed by atoms with Crippen LogP contribution in [0, 0.1) is 0 Å². The molecule has 0 bridgehead atoms. The Balaban J connectivity index is 1.64. The van der Waals surface area contributed by atoms with E-state index in [1.165, 1.54) is 6.20 Å². The van der Waals surface area contributed by atoms with Gasteiger partial charge in [0.1, 0.15) is 12.1 Å². The van der Waals surface area contributed by atoms with Gasteiger partial charge in [-0.25, -0.2) is 19.4 Å². The van der Waals surface area contributed by atoms with Gasteiger partial charge in [-0.1, -0.05) is 0 Å². The third-order valence-corrected chi connectivity index (χ3v) is 5.58. The molecule has 34 heavy (non-hydrogen) atoms. The molecule has 2 aromatic heterocycles. The number of nitrogens with zero attached hydrogens (tertiary/aromatic N) is 4. The van der Waals surface area contributed by atoms with Crippen molar-refractivity contribution >= 4 is 22.9 Å². The first kappa shape index (κ1) is 23.6. The van der Waals surface area contributed by atoms with Gasteiger partial charge in [-0.3, -0.25) is 0 Å². The number of benzene rings is 1. The van der Waals surface area contributed by atoms with Crippen LogP contribution in [-0.2, 0) is 12.4 Å². The van der Waals surface area contributed by atoms with Crippen molar-refractivity contribution in [2.75, 3.05) is 5.32 Å². The first-order valence-electron chi connectivity index (χ1n) is 10.2. The fourth-order valence-electron chi connectivity index (χ4n) is 3.96. The molecular weight excluding hydrogens is 470 g/mol. The van der Waals surface area contributed by atoms with Crippen molar-refractivity contribution in [3.63, 3.8) is 0 Å². The number of hydrogen-bond donors (Lipinski definition) is 3. The lowest BCUT2D eigenvalue weighted by Gasteiger charge is -2.29. The molecule has 1 saturated carbocycles. The Kier molecular flexibility index (Phi) is 6.00.